The van der Waals surface area contributed by atoms with Gasteiger partial charge in [0.25, 0.3) is 0 Å². The number of halogens is 14. The average molecular weight is 1500 g/mol. The first-order valence-electron chi connectivity index (χ1n) is 11.3. The second-order valence-electron chi connectivity index (χ2n) is 9.08. The highest BCUT2D eigenvalue weighted by Gasteiger charge is 2.52. The topological polar surface area (TPSA) is 83.8 Å². The maximum Gasteiger partial charge on any atom is 0.314 e. The maximum absolute atomic E-state index is 13.0. The Hall–Kier alpha value is 4.06. The van der Waals surface area contributed by atoms with Crippen molar-refractivity contribution in [2.75, 3.05) is 21.3 Å². The smallest absolute Gasteiger partial charge is 0.314 e. The first-order chi connectivity index (χ1) is 19.9. The predicted molar refractivity (Wildman–Crippen MR) is 221 cm³/mol. The van der Waals surface area contributed by atoms with Crippen molar-refractivity contribution < 1.29 is 24.5 Å². The summed E-state index contributed by atoms with van der Waals surface area (Å²) in [5.74, 6) is -2.22. The molecule has 0 heterocycles. The van der Waals surface area contributed by atoms with E-state index in [0.29, 0.717) is 46.9 Å². The standard InChI is InChI=1S/C24H16Br14O5/c25-3-23(4-26,21(39)40)9(1-7-11(29)15(33)19(37)16(34)12(7)30)43-10(24(5-27,6-28)22(41)42)2-8-13(31)17(35)20(38)18(36)14(8)32/h9-10H,1-6H2,(H,39,40)(H,41,42). The number of hydrogen-bond acceptors (Lipinski definition) is 3. The zero-order valence-electron chi connectivity index (χ0n) is 20.8. The molecule has 0 aliphatic carbocycles. The third-order valence-electron chi connectivity index (χ3n) is 6.75. The van der Waals surface area contributed by atoms with Crippen LogP contribution in [0.5, 0.6) is 0 Å². The van der Waals surface area contributed by atoms with Gasteiger partial charge in [-0.05, 0) is 170 Å². The Kier molecular flexibility index (Phi) is 18.6. The van der Waals surface area contributed by atoms with Gasteiger partial charge in [0.05, 0.1) is 12.2 Å². The lowest BCUT2D eigenvalue weighted by Gasteiger charge is -2.42. The maximum atomic E-state index is 13.0. The molecule has 2 aromatic rings. The zero-order valence-corrected chi connectivity index (χ0v) is 43.0. The molecule has 240 valence electrons. The summed E-state index contributed by atoms with van der Waals surface area (Å²) in [5, 5.41) is 21.4. The first-order valence-corrected chi connectivity index (χ1v) is 23.7. The SMILES string of the molecule is O=C(O)C(CBr)(CBr)C(Cc1c(Br)c(Br)c(Br)c(Br)c1Br)OC(Cc1c(Br)c(Br)c(Br)c(Br)c1Br)C(CBr)(CBr)C(=O)O. The van der Waals surface area contributed by atoms with E-state index < -0.39 is 35.0 Å². The monoisotopic (exact) mass is 1490 g/mol. The van der Waals surface area contributed by atoms with Crippen LogP contribution in [0.2, 0.25) is 0 Å². The molecule has 2 N–H and O–H groups in total. The van der Waals surface area contributed by atoms with Gasteiger partial charge in [-0.25, -0.2) is 0 Å². The van der Waals surface area contributed by atoms with Crippen LogP contribution in [0.3, 0.4) is 0 Å². The fraction of sp³-hybridized carbons (Fsp3) is 0.417. The fourth-order valence-corrected chi connectivity index (χ4v) is 15.1. The molecule has 0 saturated carbocycles. The Balaban J connectivity index is 2.93. The molecule has 2 atom stereocenters. The Labute approximate surface area is 366 Å². The molecule has 0 aromatic heterocycles. The quantitative estimate of drug-likeness (QED) is 0.112. The largest absolute Gasteiger partial charge is 0.481 e. The summed E-state index contributed by atoms with van der Waals surface area (Å²) in [7, 11) is 0. The normalized spacial score (nSPS) is 13.7. The number of carboxylic acids is 2. The lowest BCUT2D eigenvalue weighted by molar-refractivity contribution is -0.172. The number of hydrogen-bond donors (Lipinski definition) is 2. The molecular weight excluding hydrogens is 1490 g/mol. The van der Waals surface area contributed by atoms with E-state index >= 15 is 0 Å². The summed E-state index contributed by atoms with van der Waals surface area (Å²) in [6.45, 7) is 0. The lowest BCUT2D eigenvalue weighted by Crippen LogP contribution is -2.55. The van der Waals surface area contributed by atoms with Crippen LogP contribution in [0.1, 0.15) is 11.1 Å². The van der Waals surface area contributed by atoms with Crippen molar-refractivity contribution in [3.63, 3.8) is 0 Å². The van der Waals surface area contributed by atoms with Gasteiger partial charge in [-0.15, -0.1) is 0 Å². The number of carboxylic acid groups (broad SMARTS) is 2. The van der Waals surface area contributed by atoms with E-state index in [1.54, 1.807) is 0 Å². The van der Waals surface area contributed by atoms with Crippen LogP contribution in [0.25, 0.3) is 0 Å². The Morgan fingerprint density at radius 3 is 0.884 bits per heavy atom. The molecule has 0 amide bonds. The molecule has 0 aliphatic rings. The van der Waals surface area contributed by atoms with Crippen LogP contribution in [-0.4, -0.2) is 55.7 Å². The van der Waals surface area contributed by atoms with Crippen LogP contribution in [0.15, 0.2) is 44.7 Å². The Morgan fingerprint density at radius 1 is 0.488 bits per heavy atom. The number of carbonyl (C=O) groups is 2. The van der Waals surface area contributed by atoms with E-state index in [0.717, 1.165) is 8.95 Å². The minimum absolute atomic E-state index is 0.0253. The number of benzene rings is 2. The van der Waals surface area contributed by atoms with Crippen molar-refractivity contribution in [2.45, 2.75) is 25.0 Å². The highest BCUT2D eigenvalue weighted by Crippen LogP contribution is 2.49. The second kappa shape index (κ2) is 18.5. The van der Waals surface area contributed by atoms with Gasteiger partial charge in [0.1, 0.15) is 10.8 Å². The van der Waals surface area contributed by atoms with E-state index in [9.17, 15) is 19.8 Å². The van der Waals surface area contributed by atoms with E-state index in [4.69, 9.17) is 4.74 Å². The molecule has 2 unspecified atom stereocenters. The van der Waals surface area contributed by atoms with Crippen molar-refractivity contribution in [1.29, 1.82) is 0 Å². The van der Waals surface area contributed by atoms with Crippen LogP contribution in [0, 0.1) is 10.8 Å². The molecule has 19 heteroatoms. The van der Waals surface area contributed by atoms with Gasteiger partial charge in [0.15, 0.2) is 0 Å². The third-order valence-corrected chi connectivity index (χ3v) is 23.3. The molecule has 2 aromatic carbocycles. The highest BCUT2D eigenvalue weighted by molar-refractivity contribution is 9.16. The summed E-state index contributed by atoms with van der Waals surface area (Å²) < 4.78 is 13.9. The van der Waals surface area contributed by atoms with Gasteiger partial charge in [-0.1, -0.05) is 63.7 Å². The summed E-state index contributed by atoms with van der Waals surface area (Å²) in [5.41, 5.74) is -1.57. The van der Waals surface area contributed by atoms with Gasteiger partial charge in [0.2, 0.25) is 0 Å². The first kappa shape index (κ1) is 43.2. The van der Waals surface area contributed by atoms with Crippen molar-refractivity contribution in [3.05, 3.63) is 55.9 Å². The van der Waals surface area contributed by atoms with Gasteiger partial charge in [-0.2, -0.15) is 0 Å². The van der Waals surface area contributed by atoms with E-state index in [1.165, 1.54) is 0 Å². The fourth-order valence-electron chi connectivity index (χ4n) is 3.90. The van der Waals surface area contributed by atoms with E-state index in [-0.39, 0.29) is 34.2 Å². The summed E-state index contributed by atoms with van der Waals surface area (Å²) in [6.07, 6.45) is -1.86. The molecule has 0 saturated heterocycles. The van der Waals surface area contributed by atoms with Gasteiger partial charge < -0.3 is 14.9 Å². The second-order valence-corrected chi connectivity index (χ2v) is 19.2. The van der Waals surface area contributed by atoms with Gasteiger partial charge >= 0.3 is 11.9 Å². The Bertz CT molecular complexity index is 1230. The molecule has 0 fully saturated rings. The van der Waals surface area contributed by atoms with Crippen molar-refractivity contribution in [3.8, 4) is 0 Å². The minimum Gasteiger partial charge on any atom is -0.481 e. The summed E-state index contributed by atoms with van der Waals surface area (Å²) >= 11 is 49.8. The summed E-state index contributed by atoms with van der Waals surface area (Å²) in [4.78, 5) is 26.0. The molecule has 0 spiro atoms. The minimum atomic E-state index is -1.50. The van der Waals surface area contributed by atoms with E-state index in [1.807, 2.05) is 0 Å². The molecule has 5 nitrogen and oxygen atoms in total. The molecule has 43 heavy (non-hydrogen) atoms. The molecule has 0 aliphatic heterocycles. The number of ether oxygens (including phenoxy) is 1. The van der Waals surface area contributed by atoms with Crippen molar-refractivity contribution in [1.82, 2.24) is 0 Å². The van der Waals surface area contributed by atoms with Crippen LogP contribution in [-0.2, 0) is 27.2 Å². The van der Waals surface area contributed by atoms with Gasteiger partial charge in [0, 0.05) is 78.9 Å². The van der Waals surface area contributed by atoms with Crippen LogP contribution >= 0.6 is 223 Å². The average Bonchev–Trinajstić information content (AvgIpc) is 2.98. The Morgan fingerprint density at radius 2 is 0.698 bits per heavy atom. The molecule has 0 radical (unpaired) electrons. The highest BCUT2D eigenvalue weighted by atomic mass is 79.9. The van der Waals surface area contributed by atoms with E-state index in [2.05, 4.69) is 223 Å². The van der Waals surface area contributed by atoms with Crippen molar-refractivity contribution in [2.24, 2.45) is 10.8 Å². The lowest BCUT2D eigenvalue weighted by atomic mass is 9.80. The summed E-state index contributed by atoms with van der Waals surface area (Å²) in [6, 6.07) is 0. The number of alkyl halides is 4. The molecule has 0 bridgehead atoms. The third kappa shape index (κ3) is 8.93. The zero-order chi connectivity index (χ0) is 33.2. The molecular formula is C24H16Br14O5. The van der Waals surface area contributed by atoms with Gasteiger partial charge in [-0.3, -0.25) is 9.59 Å². The number of rotatable bonds is 14. The number of aliphatic carboxylic acids is 2. The van der Waals surface area contributed by atoms with Crippen LogP contribution < -0.4 is 0 Å². The van der Waals surface area contributed by atoms with Crippen LogP contribution in [0.4, 0.5) is 0 Å². The predicted octanol–water partition coefficient (Wildman–Crippen LogP) is 13.6. The van der Waals surface area contributed by atoms with Crippen molar-refractivity contribution >= 4 is 235 Å². The molecule has 2 rings (SSSR count).